The second-order valence-corrected chi connectivity index (χ2v) is 5.82. The van der Waals surface area contributed by atoms with Crippen LogP contribution in [0.3, 0.4) is 0 Å². The average Bonchev–Trinajstić information content (AvgIpc) is 2.53. The molecule has 0 aromatic heterocycles. The maximum absolute atomic E-state index is 11.2. The summed E-state index contributed by atoms with van der Waals surface area (Å²) in [5.74, 6) is 0.849. The molecule has 0 saturated heterocycles. The van der Waals surface area contributed by atoms with E-state index >= 15 is 0 Å². The molecule has 1 unspecified atom stereocenters. The molecule has 0 radical (unpaired) electrons. The number of hydrogen-bond acceptors (Lipinski definition) is 3. The van der Waals surface area contributed by atoms with Crippen LogP contribution in [-0.2, 0) is 4.79 Å². The summed E-state index contributed by atoms with van der Waals surface area (Å²) in [6.45, 7) is 2.18. The van der Waals surface area contributed by atoms with Gasteiger partial charge in [0.2, 0.25) is 5.91 Å². The largest absolute Gasteiger partial charge is 0.496 e. The molecular weight excluding hydrogens is 264 g/mol. The fourth-order valence-corrected chi connectivity index (χ4v) is 3.21. The van der Waals surface area contributed by atoms with Gasteiger partial charge in [0.15, 0.2) is 0 Å². The molecule has 0 bridgehead atoms. The van der Waals surface area contributed by atoms with E-state index in [-0.39, 0.29) is 17.9 Å². The van der Waals surface area contributed by atoms with Crippen LogP contribution in [0, 0.1) is 5.92 Å². The Morgan fingerprint density at radius 1 is 1.33 bits per heavy atom. The average molecular weight is 290 g/mol. The fraction of sp³-hybridized carbons (Fsp3) is 0.588. The van der Waals surface area contributed by atoms with E-state index in [9.17, 15) is 4.79 Å². The number of rotatable bonds is 6. The fourth-order valence-electron chi connectivity index (χ4n) is 3.21. The van der Waals surface area contributed by atoms with Crippen molar-refractivity contribution in [1.82, 2.24) is 5.32 Å². The molecule has 21 heavy (non-hydrogen) atoms. The monoisotopic (exact) mass is 290 g/mol. The number of hydrogen-bond donors (Lipinski definition) is 2. The lowest BCUT2D eigenvalue weighted by Crippen LogP contribution is -2.38. The first-order valence-corrected chi connectivity index (χ1v) is 7.84. The summed E-state index contributed by atoms with van der Waals surface area (Å²) in [5, 5.41) is 3.72. The number of ether oxygens (including phenoxy) is 1. The highest BCUT2D eigenvalue weighted by Crippen LogP contribution is 2.30. The Bertz CT molecular complexity index is 468. The number of nitrogens with two attached hydrogens (primary N) is 1. The lowest BCUT2D eigenvalue weighted by Gasteiger charge is -2.31. The SMILES string of the molecule is CCC(NC1CCC(C(N)=O)CC1)c1ccccc1OC. The van der Waals surface area contributed by atoms with Gasteiger partial charge in [0, 0.05) is 23.6 Å². The van der Waals surface area contributed by atoms with Gasteiger partial charge in [-0.2, -0.15) is 0 Å². The summed E-state index contributed by atoms with van der Waals surface area (Å²) < 4.78 is 5.46. The van der Waals surface area contributed by atoms with Crippen LogP contribution in [0.15, 0.2) is 24.3 Å². The first-order chi connectivity index (χ1) is 10.2. The van der Waals surface area contributed by atoms with Crippen molar-refractivity contribution in [2.45, 2.75) is 51.1 Å². The molecular formula is C17H26N2O2. The van der Waals surface area contributed by atoms with Gasteiger partial charge in [0.25, 0.3) is 0 Å². The van der Waals surface area contributed by atoms with E-state index in [4.69, 9.17) is 10.5 Å². The zero-order valence-corrected chi connectivity index (χ0v) is 13.0. The number of primary amides is 1. The van der Waals surface area contributed by atoms with E-state index in [0.717, 1.165) is 37.9 Å². The molecule has 1 aliphatic carbocycles. The van der Waals surface area contributed by atoms with Crippen LogP contribution in [0.25, 0.3) is 0 Å². The van der Waals surface area contributed by atoms with Gasteiger partial charge in [-0.05, 0) is 38.2 Å². The van der Waals surface area contributed by atoms with Gasteiger partial charge in [-0.3, -0.25) is 4.79 Å². The topological polar surface area (TPSA) is 64.3 Å². The maximum Gasteiger partial charge on any atom is 0.220 e. The third-order valence-electron chi connectivity index (χ3n) is 4.49. The molecule has 4 heteroatoms. The second kappa shape index (κ2) is 7.46. The quantitative estimate of drug-likeness (QED) is 0.846. The predicted octanol–water partition coefficient (Wildman–Crippen LogP) is 2.78. The zero-order valence-electron chi connectivity index (χ0n) is 13.0. The van der Waals surface area contributed by atoms with Crippen molar-refractivity contribution in [3.8, 4) is 5.75 Å². The Morgan fingerprint density at radius 3 is 2.57 bits per heavy atom. The van der Waals surface area contributed by atoms with Crippen LogP contribution >= 0.6 is 0 Å². The number of amides is 1. The zero-order chi connectivity index (χ0) is 15.2. The number of carbonyl (C=O) groups excluding carboxylic acids is 1. The summed E-state index contributed by atoms with van der Waals surface area (Å²) in [4.78, 5) is 11.2. The standard InChI is InChI=1S/C17H26N2O2/c1-3-15(14-6-4-5-7-16(14)21-2)19-13-10-8-12(9-11-13)17(18)20/h4-7,12-13,15,19H,3,8-11H2,1-2H3,(H2,18,20). The van der Waals surface area contributed by atoms with E-state index in [0.29, 0.717) is 6.04 Å². The lowest BCUT2D eigenvalue weighted by molar-refractivity contribution is -0.122. The minimum absolute atomic E-state index is 0.0642. The van der Waals surface area contributed by atoms with Crippen molar-refractivity contribution >= 4 is 5.91 Å². The number of carbonyl (C=O) groups is 1. The summed E-state index contributed by atoms with van der Waals surface area (Å²) in [7, 11) is 1.71. The number of benzene rings is 1. The molecule has 2 rings (SSSR count). The predicted molar refractivity (Wildman–Crippen MR) is 84.1 cm³/mol. The summed E-state index contributed by atoms with van der Waals surface area (Å²) in [6, 6.07) is 8.91. The Hall–Kier alpha value is -1.55. The normalized spacial score (nSPS) is 23.5. The third-order valence-corrected chi connectivity index (χ3v) is 4.49. The molecule has 1 aliphatic rings. The van der Waals surface area contributed by atoms with Gasteiger partial charge >= 0.3 is 0 Å². The molecule has 116 valence electrons. The smallest absolute Gasteiger partial charge is 0.220 e. The van der Waals surface area contributed by atoms with Gasteiger partial charge in [0.05, 0.1) is 7.11 Å². The molecule has 1 aromatic rings. The van der Waals surface area contributed by atoms with Gasteiger partial charge in [-0.1, -0.05) is 25.1 Å². The van der Waals surface area contributed by atoms with Gasteiger partial charge in [0.1, 0.15) is 5.75 Å². The number of para-hydroxylation sites is 1. The Morgan fingerprint density at radius 2 is 2.00 bits per heavy atom. The number of nitrogens with one attached hydrogen (secondary N) is 1. The molecule has 0 heterocycles. The van der Waals surface area contributed by atoms with E-state index in [1.165, 1.54) is 5.56 Å². The molecule has 1 saturated carbocycles. The van der Waals surface area contributed by atoms with Gasteiger partial charge < -0.3 is 15.8 Å². The van der Waals surface area contributed by atoms with Crippen LogP contribution in [-0.4, -0.2) is 19.1 Å². The van der Waals surface area contributed by atoms with Crippen LogP contribution < -0.4 is 15.8 Å². The maximum atomic E-state index is 11.2. The molecule has 1 amide bonds. The van der Waals surface area contributed by atoms with E-state index < -0.39 is 0 Å². The highest BCUT2D eigenvalue weighted by atomic mass is 16.5. The van der Waals surface area contributed by atoms with E-state index in [2.05, 4.69) is 18.3 Å². The molecule has 4 nitrogen and oxygen atoms in total. The molecule has 1 aromatic carbocycles. The Balaban J connectivity index is 1.99. The highest BCUT2D eigenvalue weighted by molar-refractivity contribution is 5.76. The van der Waals surface area contributed by atoms with Crippen LogP contribution in [0.5, 0.6) is 5.75 Å². The minimum atomic E-state index is -0.148. The second-order valence-electron chi connectivity index (χ2n) is 5.82. The van der Waals surface area contributed by atoms with Gasteiger partial charge in [-0.25, -0.2) is 0 Å². The third kappa shape index (κ3) is 3.97. The minimum Gasteiger partial charge on any atom is -0.496 e. The molecule has 1 fully saturated rings. The molecule has 0 aliphatic heterocycles. The van der Waals surface area contributed by atoms with Crippen molar-refractivity contribution in [1.29, 1.82) is 0 Å². The Labute approximate surface area is 127 Å². The summed E-state index contributed by atoms with van der Waals surface area (Å²) in [6.07, 6.45) is 4.83. The molecule has 1 atom stereocenters. The van der Waals surface area contributed by atoms with Crippen molar-refractivity contribution in [2.24, 2.45) is 11.7 Å². The van der Waals surface area contributed by atoms with Crippen molar-refractivity contribution in [2.75, 3.05) is 7.11 Å². The van der Waals surface area contributed by atoms with Crippen LogP contribution in [0.2, 0.25) is 0 Å². The first-order valence-electron chi connectivity index (χ1n) is 7.84. The van der Waals surface area contributed by atoms with E-state index in [1.807, 2.05) is 18.2 Å². The van der Waals surface area contributed by atoms with Crippen LogP contribution in [0.1, 0.15) is 50.6 Å². The molecule has 3 N–H and O–H groups in total. The van der Waals surface area contributed by atoms with Crippen LogP contribution in [0.4, 0.5) is 0 Å². The van der Waals surface area contributed by atoms with Crippen molar-refractivity contribution in [3.63, 3.8) is 0 Å². The first kappa shape index (κ1) is 15.8. The molecule has 0 spiro atoms. The summed E-state index contributed by atoms with van der Waals surface area (Å²) in [5.41, 5.74) is 6.60. The van der Waals surface area contributed by atoms with Gasteiger partial charge in [-0.15, -0.1) is 0 Å². The lowest BCUT2D eigenvalue weighted by atomic mass is 9.85. The summed E-state index contributed by atoms with van der Waals surface area (Å²) >= 11 is 0. The highest BCUT2D eigenvalue weighted by Gasteiger charge is 2.26. The van der Waals surface area contributed by atoms with Crippen molar-refractivity contribution < 1.29 is 9.53 Å². The Kier molecular flexibility index (Phi) is 5.62. The van der Waals surface area contributed by atoms with Crippen molar-refractivity contribution in [3.05, 3.63) is 29.8 Å². The number of methoxy groups -OCH3 is 1. The van der Waals surface area contributed by atoms with E-state index in [1.54, 1.807) is 7.11 Å².